The first-order chi connectivity index (χ1) is 8.94. The highest BCUT2D eigenvalue weighted by atomic mass is 35.5. The first-order valence-electron chi connectivity index (χ1n) is 5.77. The normalized spacial score (nSPS) is 13.3. The summed E-state index contributed by atoms with van der Waals surface area (Å²) in [5.74, 6) is -0.511. The van der Waals surface area contributed by atoms with Gasteiger partial charge in [-0.2, -0.15) is 0 Å². The van der Waals surface area contributed by atoms with Gasteiger partial charge < -0.3 is 9.05 Å². The van der Waals surface area contributed by atoms with E-state index in [0.29, 0.717) is 10.6 Å². The summed E-state index contributed by atoms with van der Waals surface area (Å²) >= 11 is 11.7. The largest absolute Gasteiger partial charge is 0.356 e. The first-order valence-corrected chi connectivity index (χ1v) is 8.20. The summed E-state index contributed by atoms with van der Waals surface area (Å²) in [5.41, 5.74) is 0.309. The lowest BCUT2D eigenvalue weighted by molar-refractivity contribution is 0.0992. The Kier molecular flexibility index (Phi) is 6.51. The molecule has 0 spiro atoms. The number of halogens is 2. The van der Waals surface area contributed by atoms with Crippen LogP contribution in [0, 0.1) is 0 Å². The Morgan fingerprint density at radius 1 is 1.21 bits per heavy atom. The Hall–Kier alpha value is -0.380. The fraction of sp³-hybridized carbons (Fsp3) is 0.417. The Labute approximate surface area is 122 Å². The maximum absolute atomic E-state index is 12.4. The van der Waals surface area contributed by atoms with Crippen molar-refractivity contribution in [1.82, 2.24) is 0 Å². The van der Waals surface area contributed by atoms with Crippen LogP contribution in [0.5, 0.6) is 0 Å². The van der Waals surface area contributed by atoms with Crippen molar-refractivity contribution in [3.05, 3.63) is 34.9 Å². The Bertz CT molecular complexity index is 465. The molecule has 0 heterocycles. The molecule has 0 aliphatic heterocycles. The van der Waals surface area contributed by atoms with E-state index in [-0.39, 0.29) is 13.2 Å². The van der Waals surface area contributed by atoms with E-state index >= 15 is 0 Å². The van der Waals surface area contributed by atoms with E-state index in [2.05, 4.69) is 0 Å². The van der Waals surface area contributed by atoms with Crippen LogP contribution in [-0.4, -0.2) is 24.1 Å². The van der Waals surface area contributed by atoms with Gasteiger partial charge >= 0.3 is 7.60 Å². The predicted molar refractivity (Wildman–Crippen MR) is 76.3 cm³/mol. The second-order valence-corrected chi connectivity index (χ2v) is 6.87. The van der Waals surface area contributed by atoms with Crippen LogP contribution in [0.2, 0.25) is 5.02 Å². The molecule has 4 nitrogen and oxygen atoms in total. The van der Waals surface area contributed by atoms with Crippen LogP contribution in [0.1, 0.15) is 24.2 Å². The van der Waals surface area contributed by atoms with E-state index in [0.717, 1.165) is 0 Å². The fourth-order valence-electron chi connectivity index (χ4n) is 1.42. The summed E-state index contributed by atoms with van der Waals surface area (Å²) in [6.07, 6.45) is 0. The predicted octanol–water partition coefficient (Wildman–Crippen LogP) is 4.35. The highest BCUT2D eigenvalue weighted by molar-refractivity contribution is 7.58. The molecule has 0 saturated carbocycles. The zero-order valence-corrected chi connectivity index (χ0v) is 13.0. The van der Waals surface area contributed by atoms with Crippen molar-refractivity contribution < 1.29 is 18.4 Å². The van der Waals surface area contributed by atoms with Crippen molar-refractivity contribution in [1.29, 1.82) is 0 Å². The zero-order chi connectivity index (χ0) is 14.5. The van der Waals surface area contributed by atoms with Crippen molar-refractivity contribution in [3.8, 4) is 0 Å². The standard InChI is InChI=1S/C12H15Cl2O4P/c1-3-17-19(16,18-4-2)12(14)11(15)9-5-7-10(13)8-6-9/h5-8,12H,3-4H2,1-2H3. The summed E-state index contributed by atoms with van der Waals surface area (Å²) in [5, 5.41) is -0.867. The van der Waals surface area contributed by atoms with Gasteiger partial charge in [0.05, 0.1) is 13.2 Å². The summed E-state index contributed by atoms with van der Waals surface area (Å²) in [6, 6.07) is 6.15. The maximum Gasteiger partial charge on any atom is 0.356 e. The molecule has 19 heavy (non-hydrogen) atoms. The Morgan fingerprint density at radius 2 is 1.68 bits per heavy atom. The van der Waals surface area contributed by atoms with Crippen molar-refractivity contribution in [2.24, 2.45) is 0 Å². The Balaban J connectivity index is 2.96. The van der Waals surface area contributed by atoms with Crippen LogP contribution in [0.3, 0.4) is 0 Å². The minimum absolute atomic E-state index is 0.147. The number of hydrogen-bond donors (Lipinski definition) is 0. The molecular weight excluding hydrogens is 310 g/mol. The van der Waals surface area contributed by atoms with Crippen molar-refractivity contribution in [2.75, 3.05) is 13.2 Å². The number of benzene rings is 1. The first kappa shape index (κ1) is 16.7. The van der Waals surface area contributed by atoms with Crippen molar-refractivity contribution in [2.45, 2.75) is 19.0 Å². The van der Waals surface area contributed by atoms with Crippen molar-refractivity contribution >= 4 is 36.6 Å². The number of carbonyl (C=O) groups excluding carboxylic acids is 1. The average molecular weight is 325 g/mol. The number of Topliss-reactive ketones (excluding diaryl/α,β-unsaturated/α-hetero) is 1. The molecule has 1 unspecified atom stereocenters. The van der Waals surface area contributed by atoms with Crippen LogP contribution in [-0.2, 0) is 13.6 Å². The SMILES string of the molecule is CCOP(=O)(OCC)C(Cl)C(=O)c1ccc(Cl)cc1. The minimum Gasteiger partial charge on any atom is -0.308 e. The van der Waals surface area contributed by atoms with Crippen LogP contribution < -0.4 is 0 Å². The third kappa shape index (κ3) is 4.30. The lowest BCUT2D eigenvalue weighted by Crippen LogP contribution is -2.18. The molecular formula is C12H15Cl2O4P. The van der Waals surface area contributed by atoms with Crippen LogP contribution in [0.4, 0.5) is 0 Å². The van der Waals surface area contributed by atoms with E-state index in [1.807, 2.05) is 0 Å². The number of carbonyl (C=O) groups is 1. The molecule has 0 radical (unpaired) electrons. The summed E-state index contributed by atoms with van der Waals surface area (Å²) < 4.78 is 22.5. The molecule has 0 amide bonds. The number of ketones is 1. The summed E-state index contributed by atoms with van der Waals surface area (Å²) in [4.78, 5) is 12.1. The number of rotatable bonds is 7. The molecule has 0 aromatic heterocycles. The van der Waals surface area contributed by atoms with Gasteiger partial charge in [-0.15, -0.1) is 11.6 Å². The number of alkyl halides is 1. The van der Waals surface area contributed by atoms with Gasteiger partial charge in [0.1, 0.15) is 0 Å². The molecule has 0 aliphatic carbocycles. The zero-order valence-electron chi connectivity index (χ0n) is 10.6. The van der Waals surface area contributed by atoms with Gasteiger partial charge in [0, 0.05) is 10.6 Å². The minimum atomic E-state index is -3.66. The molecule has 1 rings (SSSR count). The molecule has 1 atom stereocenters. The van der Waals surface area contributed by atoms with E-state index in [9.17, 15) is 9.36 Å². The topological polar surface area (TPSA) is 52.6 Å². The monoisotopic (exact) mass is 324 g/mol. The molecule has 0 fully saturated rings. The van der Waals surface area contributed by atoms with Gasteiger partial charge in [0.25, 0.3) is 0 Å². The quantitative estimate of drug-likeness (QED) is 0.425. The lowest BCUT2D eigenvalue weighted by atomic mass is 10.1. The maximum atomic E-state index is 12.4. The number of hydrogen-bond acceptors (Lipinski definition) is 4. The van der Waals surface area contributed by atoms with Gasteiger partial charge in [-0.05, 0) is 38.1 Å². The smallest absolute Gasteiger partial charge is 0.308 e. The van der Waals surface area contributed by atoms with E-state index in [1.54, 1.807) is 26.0 Å². The Morgan fingerprint density at radius 3 is 2.11 bits per heavy atom. The molecule has 0 bridgehead atoms. The highest BCUT2D eigenvalue weighted by Gasteiger charge is 2.39. The summed E-state index contributed by atoms with van der Waals surface area (Å²) in [7, 11) is -3.66. The van der Waals surface area contributed by atoms with Gasteiger partial charge in [-0.3, -0.25) is 9.36 Å². The van der Waals surface area contributed by atoms with Crippen LogP contribution in [0.15, 0.2) is 24.3 Å². The van der Waals surface area contributed by atoms with Crippen LogP contribution in [0.25, 0.3) is 0 Å². The third-order valence-corrected chi connectivity index (χ3v) is 5.43. The molecule has 0 N–H and O–H groups in total. The molecule has 1 aromatic rings. The molecule has 0 aliphatic rings. The van der Waals surface area contributed by atoms with E-state index < -0.39 is 18.5 Å². The molecule has 1 aromatic carbocycles. The third-order valence-electron chi connectivity index (χ3n) is 2.24. The van der Waals surface area contributed by atoms with Gasteiger partial charge in [0.2, 0.25) is 0 Å². The van der Waals surface area contributed by atoms with Gasteiger partial charge in [-0.25, -0.2) is 0 Å². The second-order valence-electron chi connectivity index (χ2n) is 3.58. The average Bonchev–Trinajstić information content (AvgIpc) is 2.38. The molecule has 7 heteroatoms. The van der Waals surface area contributed by atoms with E-state index in [1.165, 1.54) is 12.1 Å². The van der Waals surface area contributed by atoms with Gasteiger partial charge in [-0.1, -0.05) is 11.6 Å². The lowest BCUT2D eigenvalue weighted by Gasteiger charge is -2.20. The summed E-state index contributed by atoms with van der Waals surface area (Å²) in [6.45, 7) is 3.60. The van der Waals surface area contributed by atoms with E-state index in [4.69, 9.17) is 32.2 Å². The van der Waals surface area contributed by atoms with Crippen molar-refractivity contribution in [3.63, 3.8) is 0 Å². The van der Waals surface area contributed by atoms with Gasteiger partial charge in [0.15, 0.2) is 10.9 Å². The fourth-order valence-corrected chi connectivity index (χ4v) is 3.51. The molecule has 0 saturated heterocycles. The molecule has 106 valence electrons. The second kappa shape index (κ2) is 7.41. The highest BCUT2D eigenvalue weighted by Crippen LogP contribution is 2.55. The van der Waals surface area contributed by atoms with Crippen LogP contribution >= 0.6 is 30.8 Å².